The minimum atomic E-state index is -0.348. The van der Waals surface area contributed by atoms with Gasteiger partial charge in [0.15, 0.2) is 0 Å². The van der Waals surface area contributed by atoms with E-state index in [0.717, 1.165) is 17.7 Å². The molecule has 2 rings (SSSR count). The monoisotopic (exact) mass is 234 g/mol. The Morgan fingerprint density at radius 3 is 3.00 bits per heavy atom. The Morgan fingerprint density at radius 1 is 1.59 bits per heavy atom. The van der Waals surface area contributed by atoms with Crippen LogP contribution in [0.2, 0.25) is 0 Å². The Balaban J connectivity index is 2.09. The Labute approximate surface area is 101 Å². The molecule has 2 atom stereocenters. The maximum absolute atomic E-state index is 11.5. The molecule has 4 heteroatoms. The fourth-order valence-electron chi connectivity index (χ4n) is 2.15. The van der Waals surface area contributed by atoms with Gasteiger partial charge in [0.1, 0.15) is 6.04 Å². The number of ether oxygens (including phenoxy) is 1. The van der Waals surface area contributed by atoms with Crippen LogP contribution < -0.4 is 11.1 Å². The molecule has 1 aromatic rings. The molecule has 0 aliphatic carbocycles. The molecule has 1 heterocycles. The van der Waals surface area contributed by atoms with Crippen LogP contribution in [0.3, 0.4) is 0 Å². The molecule has 3 N–H and O–H groups in total. The van der Waals surface area contributed by atoms with E-state index in [0.29, 0.717) is 13.2 Å². The summed E-state index contributed by atoms with van der Waals surface area (Å²) in [6.45, 7) is 3.33. The second-order valence-electron chi connectivity index (χ2n) is 4.52. The van der Waals surface area contributed by atoms with Crippen molar-refractivity contribution in [3.63, 3.8) is 0 Å². The van der Waals surface area contributed by atoms with Gasteiger partial charge < -0.3 is 15.8 Å². The number of hydrogen-bond acceptors (Lipinski definition) is 3. The van der Waals surface area contributed by atoms with Gasteiger partial charge in [-0.25, -0.2) is 0 Å². The summed E-state index contributed by atoms with van der Waals surface area (Å²) in [7, 11) is 0. The average molecular weight is 234 g/mol. The van der Waals surface area contributed by atoms with Crippen LogP contribution in [0.4, 0.5) is 5.69 Å². The molecule has 1 aromatic carbocycles. The molecule has 4 nitrogen and oxygen atoms in total. The molecule has 0 aromatic heterocycles. The molecule has 1 aliphatic heterocycles. The third-order valence-corrected chi connectivity index (χ3v) is 3.08. The SMILES string of the molecule is Cc1cccc(NC(C(N)=O)C2CCOC2)c1. The van der Waals surface area contributed by atoms with Crippen LogP contribution in [0, 0.1) is 12.8 Å². The van der Waals surface area contributed by atoms with Crippen LogP contribution in [0.25, 0.3) is 0 Å². The fourth-order valence-corrected chi connectivity index (χ4v) is 2.15. The van der Waals surface area contributed by atoms with Crippen molar-refractivity contribution in [2.24, 2.45) is 11.7 Å². The lowest BCUT2D eigenvalue weighted by Gasteiger charge is -2.21. The van der Waals surface area contributed by atoms with Crippen LogP contribution in [0.1, 0.15) is 12.0 Å². The van der Waals surface area contributed by atoms with Gasteiger partial charge in [-0.05, 0) is 31.0 Å². The number of hydrogen-bond donors (Lipinski definition) is 2. The normalized spacial score (nSPS) is 21.1. The number of nitrogens with two attached hydrogens (primary N) is 1. The van der Waals surface area contributed by atoms with Gasteiger partial charge in [-0.15, -0.1) is 0 Å². The molecule has 1 aliphatic rings. The molecule has 17 heavy (non-hydrogen) atoms. The van der Waals surface area contributed by atoms with Crippen molar-refractivity contribution in [1.82, 2.24) is 0 Å². The number of primary amides is 1. The van der Waals surface area contributed by atoms with Gasteiger partial charge in [0.2, 0.25) is 5.91 Å². The van der Waals surface area contributed by atoms with Gasteiger partial charge in [-0.2, -0.15) is 0 Å². The lowest BCUT2D eigenvalue weighted by Crippen LogP contribution is -2.41. The van der Waals surface area contributed by atoms with Gasteiger partial charge in [-0.1, -0.05) is 12.1 Å². The maximum atomic E-state index is 11.5. The summed E-state index contributed by atoms with van der Waals surface area (Å²) < 4.78 is 5.30. The fraction of sp³-hybridized carbons (Fsp3) is 0.462. The standard InChI is InChI=1S/C13H18N2O2/c1-9-3-2-4-11(7-9)15-12(13(14)16)10-5-6-17-8-10/h2-4,7,10,12,15H,5-6,8H2,1H3,(H2,14,16). The number of amides is 1. The largest absolute Gasteiger partial charge is 0.381 e. The summed E-state index contributed by atoms with van der Waals surface area (Å²) in [6, 6.07) is 7.58. The van der Waals surface area contributed by atoms with E-state index in [1.165, 1.54) is 0 Å². The summed E-state index contributed by atoms with van der Waals surface area (Å²) in [6.07, 6.45) is 0.881. The Hall–Kier alpha value is -1.55. The highest BCUT2D eigenvalue weighted by molar-refractivity contribution is 5.83. The van der Waals surface area contributed by atoms with E-state index in [9.17, 15) is 4.79 Å². The quantitative estimate of drug-likeness (QED) is 0.825. The molecule has 1 amide bonds. The van der Waals surface area contributed by atoms with Crippen molar-refractivity contribution in [1.29, 1.82) is 0 Å². The summed E-state index contributed by atoms with van der Waals surface area (Å²) >= 11 is 0. The van der Waals surface area contributed by atoms with E-state index in [2.05, 4.69) is 5.32 Å². The molecule has 0 spiro atoms. The van der Waals surface area contributed by atoms with Gasteiger partial charge >= 0.3 is 0 Å². The van der Waals surface area contributed by atoms with E-state index in [4.69, 9.17) is 10.5 Å². The topological polar surface area (TPSA) is 64.3 Å². The van der Waals surface area contributed by atoms with Crippen molar-refractivity contribution in [3.8, 4) is 0 Å². The van der Waals surface area contributed by atoms with Crippen molar-refractivity contribution >= 4 is 11.6 Å². The highest BCUT2D eigenvalue weighted by Gasteiger charge is 2.29. The number of aryl methyl sites for hydroxylation is 1. The first-order valence-electron chi connectivity index (χ1n) is 5.87. The second-order valence-corrected chi connectivity index (χ2v) is 4.52. The minimum absolute atomic E-state index is 0.174. The number of anilines is 1. The summed E-state index contributed by atoms with van der Waals surface area (Å²) in [5.74, 6) is -0.144. The Bertz CT molecular complexity index is 400. The Kier molecular flexibility index (Phi) is 3.64. The molecule has 0 radical (unpaired) electrons. The van der Waals surface area contributed by atoms with Gasteiger partial charge in [0.05, 0.1) is 6.61 Å². The predicted molar refractivity (Wildman–Crippen MR) is 66.7 cm³/mol. The molecule has 1 fully saturated rings. The first-order chi connectivity index (χ1) is 8.16. The van der Waals surface area contributed by atoms with Gasteiger partial charge in [0.25, 0.3) is 0 Å². The lowest BCUT2D eigenvalue weighted by atomic mass is 9.98. The number of carbonyl (C=O) groups is 1. The van der Waals surface area contributed by atoms with Crippen molar-refractivity contribution in [2.45, 2.75) is 19.4 Å². The third-order valence-electron chi connectivity index (χ3n) is 3.08. The van der Waals surface area contributed by atoms with Crippen LogP contribution in [0.5, 0.6) is 0 Å². The Morgan fingerprint density at radius 2 is 2.41 bits per heavy atom. The summed E-state index contributed by atoms with van der Waals surface area (Å²) in [5.41, 5.74) is 7.53. The van der Waals surface area contributed by atoms with Crippen molar-refractivity contribution in [3.05, 3.63) is 29.8 Å². The molecular formula is C13H18N2O2. The molecule has 92 valence electrons. The zero-order chi connectivity index (χ0) is 12.3. The van der Waals surface area contributed by atoms with E-state index < -0.39 is 0 Å². The van der Waals surface area contributed by atoms with E-state index in [1.54, 1.807) is 0 Å². The molecular weight excluding hydrogens is 216 g/mol. The third kappa shape index (κ3) is 2.97. The smallest absolute Gasteiger partial charge is 0.240 e. The molecule has 0 bridgehead atoms. The van der Waals surface area contributed by atoms with Crippen LogP contribution in [-0.2, 0) is 9.53 Å². The van der Waals surface area contributed by atoms with Crippen LogP contribution in [0.15, 0.2) is 24.3 Å². The molecule has 2 unspecified atom stereocenters. The number of carbonyl (C=O) groups excluding carboxylic acids is 1. The number of benzene rings is 1. The van der Waals surface area contributed by atoms with Gasteiger partial charge in [-0.3, -0.25) is 4.79 Å². The first kappa shape index (κ1) is 11.9. The highest BCUT2D eigenvalue weighted by Crippen LogP contribution is 2.21. The van der Waals surface area contributed by atoms with E-state index >= 15 is 0 Å². The number of nitrogens with one attached hydrogen (secondary N) is 1. The zero-order valence-electron chi connectivity index (χ0n) is 9.98. The molecule has 0 saturated carbocycles. The van der Waals surface area contributed by atoms with Crippen molar-refractivity contribution < 1.29 is 9.53 Å². The summed E-state index contributed by atoms with van der Waals surface area (Å²) in [4.78, 5) is 11.5. The lowest BCUT2D eigenvalue weighted by molar-refractivity contribution is -0.119. The zero-order valence-corrected chi connectivity index (χ0v) is 9.98. The van der Waals surface area contributed by atoms with Crippen molar-refractivity contribution in [2.75, 3.05) is 18.5 Å². The number of rotatable bonds is 4. The van der Waals surface area contributed by atoms with Crippen LogP contribution in [-0.4, -0.2) is 25.2 Å². The maximum Gasteiger partial charge on any atom is 0.240 e. The second kappa shape index (κ2) is 5.19. The summed E-state index contributed by atoms with van der Waals surface area (Å²) in [5, 5.41) is 3.21. The minimum Gasteiger partial charge on any atom is -0.381 e. The van der Waals surface area contributed by atoms with Crippen LogP contribution >= 0.6 is 0 Å². The first-order valence-corrected chi connectivity index (χ1v) is 5.87. The average Bonchev–Trinajstić information content (AvgIpc) is 2.78. The van der Waals surface area contributed by atoms with E-state index in [-0.39, 0.29) is 17.9 Å². The van der Waals surface area contributed by atoms with E-state index in [1.807, 2.05) is 31.2 Å². The highest BCUT2D eigenvalue weighted by atomic mass is 16.5. The molecule has 1 saturated heterocycles. The van der Waals surface area contributed by atoms with Gasteiger partial charge in [0, 0.05) is 18.2 Å². The predicted octanol–water partition coefficient (Wildman–Crippen LogP) is 1.30.